The van der Waals surface area contributed by atoms with Crippen molar-refractivity contribution in [2.45, 2.75) is 19.3 Å². The summed E-state index contributed by atoms with van der Waals surface area (Å²) in [4.78, 5) is 0. The molecule has 0 amide bonds. The Morgan fingerprint density at radius 1 is 1.14 bits per heavy atom. The molecule has 1 heterocycles. The van der Waals surface area contributed by atoms with Crippen molar-refractivity contribution in [1.82, 2.24) is 0 Å². The lowest BCUT2D eigenvalue weighted by Gasteiger charge is -2.40. The van der Waals surface area contributed by atoms with E-state index in [-0.39, 0.29) is 15.8 Å². The van der Waals surface area contributed by atoms with Crippen LogP contribution in [0, 0.1) is 0 Å². The van der Waals surface area contributed by atoms with Gasteiger partial charge in [0.05, 0.1) is 11.4 Å². The number of phenols is 1. The Labute approximate surface area is 131 Å². The normalized spacial score (nSPS) is 15.6. The van der Waals surface area contributed by atoms with Crippen molar-refractivity contribution in [3.8, 4) is 11.5 Å². The SMILES string of the molecule is CC1(C)c2cc(O)ccc2N(O)c2cc(Cl)c([O-])c(Cl)c21. The van der Waals surface area contributed by atoms with Gasteiger partial charge in [-0.15, -0.1) is 0 Å². The summed E-state index contributed by atoms with van der Waals surface area (Å²) in [6.45, 7) is 3.74. The number of fused-ring (bicyclic) bond motifs is 2. The van der Waals surface area contributed by atoms with Crippen LogP contribution in [-0.4, -0.2) is 10.3 Å². The van der Waals surface area contributed by atoms with Gasteiger partial charge in [-0.1, -0.05) is 42.8 Å². The maximum Gasteiger partial charge on any atom is 0.116 e. The van der Waals surface area contributed by atoms with Gasteiger partial charge < -0.3 is 10.2 Å². The molecule has 1 aliphatic heterocycles. The fraction of sp³-hybridized carbons (Fsp3) is 0.200. The molecule has 0 radical (unpaired) electrons. The van der Waals surface area contributed by atoms with Crippen molar-refractivity contribution in [3.63, 3.8) is 0 Å². The molecule has 6 heteroatoms. The van der Waals surface area contributed by atoms with Gasteiger partial charge in [-0.2, -0.15) is 0 Å². The van der Waals surface area contributed by atoms with Crippen molar-refractivity contribution < 1.29 is 15.4 Å². The Morgan fingerprint density at radius 2 is 1.81 bits per heavy atom. The molecular weight excluding hydrogens is 313 g/mol. The van der Waals surface area contributed by atoms with E-state index in [9.17, 15) is 15.4 Å². The van der Waals surface area contributed by atoms with Crippen LogP contribution in [0.3, 0.4) is 0 Å². The van der Waals surface area contributed by atoms with Gasteiger partial charge in [0.25, 0.3) is 0 Å². The van der Waals surface area contributed by atoms with Crippen LogP contribution < -0.4 is 10.2 Å². The number of aromatic hydroxyl groups is 1. The molecule has 1 aliphatic rings. The van der Waals surface area contributed by atoms with Crippen molar-refractivity contribution in [2.75, 3.05) is 5.06 Å². The van der Waals surface area contributed by atoms with E-state index in [2.05, 4.69) is 0 Å². The standard InChI is InChI=1S/C15H13Cl2NO3/c1-15(2)8-5-7(19)3-4-10(8)18(21)11-6-9(16)14(20)13(17)12(11)15/h3-6,19-21H,1-2H3/p-1. The third kappa shape index (κ3) is 1.87. The highest BCUT2D eigenvalue weighted by molar-refractivity contribution is 6.38. The molecule has 0 spiro atoms. The second-order valence-electron chi connectivity index (χ2n) is 5.53. The predicted octanol–water partition coefficient (Wildman–Crippen LogP) is 3.94. The number of halogens is 2. The fourth-order valence-electron chi connectivity index (χ4n) is 2.82. The van der Waals surface area contributed by atoms with Gasteiger partial charge in [-0.25, -0.2) is 5.06 Å². The number of hydrogen-bond acceptors (Lipinski definition) is 4. The Bertz CT molecular complexity index is 759. The molecule has 0 saturated carbocycles. The number of anilines is 2. The van der Waals surface area contributed by atoms with Crippen LogP contribution in [0.4, 0.5) is 11.4 Å². The van der Waals surface area contributed by atoms with Crippen LogP contribution in [0.5, 0.6) is 11.5 Å². The van der Waals surface area contributed by atoms with Gasteiger partial charge in [-0.3, -0.25) is 5.21 Å². The van der Waals surface area contributed by atoms with Crippen molar-refractivity contribution in [2.24, 2.45) is 0 Å². The van der Waals surface area contributed by atoms with Gasteiger partial charge in [0.2, 0.25) is 0 Å². The molecule has 21 heavy (non-hydrogen) atoms. The number of hydrogen-bond donors (Lipinski definition) is 2. The van der Waals surface area contributed by atoms with Crippen molar-refractivity contribution >= 4 is 34.6 Å². The van der Waals surface area contributed by atoms with E-state index in [1.807, 2.05) is 13.8 Å². The van der Waals surface area contributed by atoms with E-state index < -0.39 is 11.2 Å². The van der Waals surface area contributed by atoms with Gasteiger partial charge in [0.15, 0.2) is 0 Å². The maximum atomic E-state index is 12.0. The fourth-order valence-corrected chi connectivity index (χ4v) is 3.50. The minimum atomic E-state index is -0.663. The quantitative estimate of drug-likeness (QED) is 0.770. The summed E-state index contributed by atoms with van der Waals surface area (Å²) in [6.07, 6.45) is 0. The molecule has 4 nitrogen and oxygen atoms in total. The number of phenolic OH excluding ortho intramolecular Hbond substituents is 1. The first kappa shape index (κ1) is 14.3. The molecule has 3 rings (SSSR count). The summed E-state index contributed by atoms with van der Waals surface area (Å²) in [5, 5.41) is 33.0. The van der Waals surface area contributed by atoms with E-state index in [1.165, 1.54) is 12.1 Å². The van der Waals surface area contributed by atoms with Gasteiger partial charge in [-0.05, 0) is 29.8 Å². The predicted molar refractivity (Wildman–Crippen MR) is 80.1 cm³/mol. The Morgan fingerprint density at radius 3 is 2.48 bits per heavy atom. The second-order valence-corrected chi connectivity index (χ2v) is 6.32. The van der Waals surface area contributed by atoms with Gasteiger partial charge in [0.1, 0.15) is 5.75 Å². The van der Waals surface area contributed by atoms with Gasteiger partial charge >= 0.3 is 0 Å². The zero-order valence-electron chi connectivity index (χ0n) is 11.3. The molecule has 0 bridgehead atoms. The molecule has 0 saturated heterocycles. The summed E-state index contributed by atoms with van der Waals surface area (Å²) in [5.74, 6) is -0.395. The molecule has 0 aliphatic carbocycles. The molecule has 0 fully saturated rings. The average molecular weight is 325 g/mol. The molecule has 0 atom stereocenters. The van der Waals surface area contributed by atoms with Crippen LogP contribution in [0.2, 0.25) is 10.0 Å². The van der Waals surface area contributed by atoms with Gasteiger partial charge in [0, 0.05) is 21.0 Å². The molecular formula is C15H12Cl2NO3-. The second kappa shape index (κ2) is 4.44. The third-order valence-electron chi connectivity index (χ3n) is 3.89. The summed E-state index contributed by atoms with van der Waals surface area (Å²) in [7, 11) is 0. The Kier molecular flexibility index (Phi) is 3.03. The first-order valence-corrected chi connectivity index (χ1v) is 7.02. The minimum Gasteiger partial charge on any atom is -0.870 e. The summed E-state index contributed by atoms with van der Waals surface area (Å²) in [5.41, 5.74) is 1.37. The monoisotopic (exact) mass is 324 g/mol. The first-order chi connectivity index (χ1) is 9.75. The smallest absolute Gasteiger partial charge is 0.116 e. The van der Waals surface area contributed by atoms with E-state index >= 15 is 0 Å². The van der Waals surface area contributed by atoms with Crippen LogP contribution in [0.15, 0.2) is 24.3 Å². The zero-order valence-corrected chi connectivity index (χ0v) is 12.8. The highest BCUT2D eigenvalue weighted by atomic mass is 35.5. The lowest BCUT2D eigenvalue weighted by atomic mass is 9.74. The Hall–Kier alpha value is -1.62. The van der Waals surface area contributed by atoms with Crippen LogP contribution in [0.1, 0.15) is 25.0 Å². The topological polar surface area (TPSA) is 66.8 Å². The molecule has 0 aromatic heterocycles. The van der Waals surface area contributed by atoms with Crippen molar-refractivity contribution in [1.29, 1.82) is 0 Å². The molecule has 110 valence electrons. The average Bonchev–Trinajstić information content (AvgIpc) is 2.42. The summed E-state index contributed by atoms with van der Waals surface area (Å²) >= 11 is 12.1. The lowest BCUT2D eigenvalue weighted by Crippen LogP contribution is -2.31. The van der Waals surface area contributed by atoms with E-state index in [0.29, 0.717) is 22.5 Å². The van der Waals surface area contributed by atoms with E-state index in [1.54, 1.807) is 12.1 Å². The summed E-state index contributed by atoms with van der Waals surface area (Å²) < 4.78 is 0. The summed E-state index contributed by atoms with van der Waals surface area (Å²) in [6, 6.07) is 6.04. The van der Waals surface area contributed by atoms with Crippen LogP contribution in [-0.2, 0) is 5.41 Å². The Balaban J connectivity index is 2.40. The highest BCUT2D eigenvalue weighted by Gasteiger charge is 2.38. The largest absolute Gasteiger partial charge is 0.870 e. The maximum absolute atomic E-state index is 12.0. The number of nitrogens with zero attached hydrogens (tertiary/aromatic N) is 1. The van der Waals surface area contributed by atoms with Crippen LogP contribution >= 0.6 is 23.2 Å². The number of rotatable bonds is 0. The molecule has 0 unspecified atom stereocenters. The third-order valence-corrected chi connectivity index (χ3v) is 4.53. The molecule has 2 aromatic rings. The molecule has 2 aromatic carbocycles. The van der Waals surface area contributed by atoms with Crippen LogP contribution in [0.25, 0.3) is 0 Å². The van der Waals surface area contributed by atoms with Crippen molar-refractivity contribution in [3.05, 3.63) is 45.4 Å². The highest BCUT2D eigenvalue weighted by Crippen LogP contribution is 2.54. The molecule has 2 N–H and O–H groups in total. The number of benzene rings is 2. The van der Waals surface area contributed by atoms with E-state index in [0.717, 1.165) is 5.06 Å². The lowest BCUT2D eigenvalue weighted by molar-refractivity contribution is -0.268. The van der Waals surface area contributed by atoms with E-state index in [4.69, 9.17) is 23.2 Å². The first-order valence-electron chi connectivity index (χ1n) is 6.27. The zero-order chi connectivity index (χ0) is 15.5. The minimum absolute atomic E-state index is 0.0180.